The summed E-state index contributed by atoms with van der Waals surface area (Å²) in [6, 6.07) is 11.3. The molecule has 1 atom stereocenters. The van der Waals surface area contributed by atoms with Crippen LogP contribution < -0.4 is 9.62 Å². The SMILES string of the molecule is CC(NS(=O)(=O)c1ccc(N2CCCC2=O)cc1)c1ccccn1. The van der Waals surface area contributed by atoms with Crippen LogP contribution >= 0.6 is 0 Å². The predicted molar refractivity (Wildman–Crippen MR) is 91.0 cm³/mol. The summed E-state index contributed by atoms with van der Waals surface area (Å²) < 4.78 is 27.6. The maximum atomic E-state index is 12.5. The number of nitrogens with zero attached hydrogens (tertiary/aromatic N) is 2. The van der Waals surface area contributed by atoms with Crippen molar-refractivity contribution in [1.29, 1.82) is 0 Å². The second-order valence-corrected chi connectivity index (χ2v) is 7.45. The first-order valence-electron chi connectivity index (χ1n) is 7.81. The lowest BCUT2D eigenvalue weighted by atomic mass is 10.2. The molecule has 3 rings (SSSR count). The van der Waals surface area contributed by atoms with E-state index in [-0.39, 0.29) is 10.8 Å². The number of hydrogen-bond donors (Lipinski definition) is 1. The Bertz CT molecular complexity index is 820. The van der Waals surface area contributed by atoms with Crippen LogP contribution in [-0.4, -0.2) is 25.9 Å². The molecule has 1 unspecified atom stereocenters. The summed E-state index contributed by atoms with van der Waals surface area (Å²) in [5.41, 5.74) is 1.38. The van der Waals surface area contributed by atoms with Crippen molar-refractivity contribution in [1.82, 2.24) is 9.71 Å². The first kappa shape index (κ1) is 16.6. The predicted octanol–water partition coefficient (Wildman–Crippen LogP) is 2.25. The van der Waals surface area contributed by atoms with Crippen LogP contribution in [0, 0.1) is 0 Å². The molecule has 24 heavy (non-hydrogen) atoms. The van der Waals surface area contributed by atoms with E-state index < -0.39 is 16.1 Å². The fraction of sp³-hybridized carbons (Fsp3) is 0.294. The van der Waals surface area contributed by atoms with E-state index in [1.807, 2.05) is 6.07 Å². The van der Waals surface area contributed by atoms with Crippen LogP contribution in [0.4, 0.5) is 5.69 Å². The summed E-state index contributed by atoms with van der Waals surface area (Å²) in [7, 11) is -3.65. The maximum Gasteiger partial charge on any atom is 0.241 e. The van der Waals surface area contributed by atoms with Gasteiger partial charge in [0.05, 0.1) is 16.6 Å². The third-order valence-electron chi connectivity index (χ3n) is 4.00. The minimum absolute atomic E-state index is 0.0764. The van der Waals surface area contributed by atoms with Crippen LogP contribution in [-0.2, 0) is 14.8 Å². The Kier molecular flexibility index (Phi) is 4.64. The second-order valence-electron chi connectivity index (χ2n) is 5.74. The van der Waals surface area contributed by atoms with Gasteiger partial charge in [-0.25, -0.2) is 13.1 Å². The van der Waals surface area contributed by atoms with E-state index in [2.05, 4.69) is 9.71 Å². The highest BCUT2D eigenvalue weighted by molar-refractivity contribution is 7.89. The van der Waals surface area contributed by atoms with Gasteiger partial charge in [-0.3, -0.25) is 9.78 Å². The van der Waals surface area contributed by atoms with E-state index in [4.69, 9.17) is 0 Å². The average Bonchev–Trinajstić information content (AvgIpc) is 3.01. The van der Waals surface area contributed by atoms with E-state index >= 15 is 0 Å². The molecule has 2 heterocycles. The molecule has 0 bridgehead atoms. The van der Waals surface area contributed by atoms with Crippen molar-refractivity contribution in [3.8, 4) is 0 Å². The van der Waals surface area contributed by atoms with Crippen LogP contribution in [0.25, 0.3) is 0 Å². The average molecular weight is 345 g/mol. The lowest BCUT2D eigenvalue weighted by Gasteiger charge is -2.17. The Morgan fingerprint density at radius 1 is 1.17 bits per heavy atom. The molecule has 2 aromatic rings. The van der Waals surface area contributed by atoms with Crippen molar-refractivity contribution in [2.24, 2.45) is 0 Å². The van der Waals surface area contributed by atoms with Crippen molar-refractivity contribution in [3.05, 3.63) is 54.4 Å². The fourth-order valence-corrected chi connectivity index (χ4v) is 3.94. The van der Waals surface area contributed by atoms with Crippen molar-refractivity contribution in [2.45, 2.75) is 30.7 Å². The van der Waals surface area contributed by atoms with Gasteiger partial charge in [-0.05, 0) is 49.7 Å². The summed E-state index contributed by atoms with van der Waals surface area (Å²) in [5, 5.41) is 0. The minimum Gasteiger partial charge on any atom is -0.312 e. The molecular weight excluding hydrogens is 326 g/mol. The van der Waals surface area contributed by atoms with Gasteiger partial charge >= 0.3 is 0 Å². The van der Waals surface area contributed by atoms with Crippen molar-refractivity contribution in [3.63, 3.8) is 0 Å². The molecule has 0 saturated carbocycles. The number of benzene rings is 1. The third-order valence-corrected chi connectivity index (χ3v) is 5.55. The summed E-state index contributed by atoms with van der Waals surface area (Å²) in [4.78, 5) is 17.8. The fourth-order valence-electron chi connectivity index (χ4n) is 2.72. The smallest absolute Gasteiger partial charge is 0.241 e. The van der Waals surface area contributed by atoms with Gasteiger partial charge in [-0.1, -0.05) is 6.07 Å². The molecule has 0 aliphatic carbocycles. The number of hydrogen-bond acceptors (Lipinski definition) is 4. The molecule has 1 aliphatic rings. The molecular formula is C17H19N3O3S. The Balaban J connectivity index is 1.76. The standard InChI is InChI=1S/C17H19N3O3S/c1-13(16-5-2-3-11-18-16)19-24(22,23)15-9-7-14(8-10-15)20-12-4-6-17(20)21/h2-3,5,7-11,13,19H,4,6,12H2,1H3. The Hall–Kier alpha value is -2.25. The van der Waals surface area contributed by atoms with E-state index in [1.54, 1.807) is 42.3 Å². The molecule has 0 radical (unpaired) electrons. The lowest BCUT2D eigenvalue weighted by molar-refractivity contribution is -0.117. The Labute approximate surface area is 141 Å². The number of carbonyl (C=O) groups excluding carboxylic acids is 1. The van der Waals surface area contributed by atoms with Gasteiger partial charge in [-0.15, -0.1) is 0 Å². The summed E-state index contributed by atoms with van der Waals surface area (Å²) >= 11 is 0. The molecule has 6 nitrogen and oxygen atoms in total. The zero-order chi connectivity index (χ0) is 17.2. The van der Waals surface area contributed by atoms with E-state index in [0.29, 0.717) is 18.7 Å². The third kappa shape index (κ3) is 3.47. The number of anilines is 1. The van der Waals surface area contributed by atoms with E-state index in [9.17, 15) is 13.2 Å². The first-order chi connectivity index (χ1) is 11.5. The number of pyridine rings is 1. The lowest BCUT2D eigenvalue weighted by Crippen LogP contribution is -2.27. The van der Waals surface area contributed by atoms with Crippen LogP contribution in [0.5, 0.6) is 0 Å². The second kappa shape index (κ2) is 6.70. The Morgan fingerprint density at radius 2 is 1.92 bits per heavy atom. The molecule has 1 N–H and O–H groups in total. The maximum absolute atomic E-state index is 12.5. The van der Waals surface area contributed by atoms with Gasteiger partial charge in [0.1, 0.15) is 0 Å². The number of carbonyl (C=O) groups is 1. The molecule has 7 heteroatoms. The number of sulfonamides is 1. The normalized spacial score (nSPS) is 16.4. The molecule has 126 valence electrons. The van der Waals surface area contributed by atoms with Gasteiger partial charge in [0.15, 0.2) is 0 Å². The van der Waals surface area contributed by atoms with Crippen LogP contribution in [0.1, 0.15) is 31.5 Å². The zero-order valence-electron chi connectivity index (χ0n) is 13.3. The van der Waals surface area contributed by atoms with E-state index in [0.717, 1.165) is 12.1 Å². The number of rotatable bonds is 5. The number of amides is 1. The molecule has 1 aromatic carbocycles. The zero-order valence-corrected chi connectivity index (χ0v) is 14.2. The van der Waals surface area contributed by atoms with Gasteiger partial charge < -0.3 is 4.90 Å². The number of nitrogens with one attached hydrogen (secondary N) is 1. The minimum atomic E-state index is -3.65. The van der Waals surface area contributed by atoms with Gasteiger partial charge in [0.2, 0.25) is 15.9 Å². The van der Waals surface area contributed by atoms with Crippen LogP contribution in [0.15, 0.2) is 53.6 Å². The topological polar surface area (TPSA) is 79.4 Å². The highest BCUT2D eigenvalue weighted by Crippen LogP contribution is 2.23. The Morgan fingerprint density at radius 3 is 2.50 bits per heavy atom. The van der Waals surface area contributed by atoms with E-state index in [1.165, 1.54) is 12.1 Å². The molecule has 1 fully saturated rings. The van der Waals surface area contributed by atoms with Gasteiger partial charge in [0.25, 0.3) is 0 Å². The molecule has 1 saturated heterocycles. The molecule has 1 amide bonds. The highest BCUT2D eigenvalue weighted by Gasteiger charge is 2.23. The summed E-state index contributed by atoms with van der Waals surface area (Å²) in [6.07, 6.45) is 3.01. The van der Waals surface area contributed by atoms with Crippen molar-refractivity contribution >= 4 is 21.6 Å². The first-order valence-corrected chi connectivity index (χ1v) is 9.29. The number of aromatic nitrogens is 1. The van der Waals surface area contributed by atoms with Crippen molar-refractivity contribution in [2.75, 3.05) is 11.4 Å². The van der Waals surface area contributed by atoms with Gasteiger partial charge in [-0.2, -0.15) is 0 Å². The largest absolute Gasteiger partial charge is 0.312 e. The van der Waals surface area contributed by atoms with Gasteiger partial charge in [0, 0.05) is 24.8 Å². The molecule has 1 aliphatic heterocycles. The summed E-state index contributed by atoms with van der Waals surface area (Å²) in [6.45, 7) is 2.43. The highest BCUT2D eigenvalue weighted by atomic mass is 32.2. The quantitative estimate of drug-likeness (QED) is 0.901. The van der Waals surface area contributed by atoms with Crippen LogP contribution in [0.2, 0.25) is 0 Å². The summed E-state index contributed by atoms with van der Waals surface area (Å²) in [5.74, 6) is 0.0764. The van der Waals surface area contributed by atoms with Crippen molar-refractivity contribution < 1.29 is 13.2 Å². The molecule has 0 spiro atoms. The molecule has 1 aromatic heterocycles. The van der Waals surface area contributed by atoms with Crippen LogP contribution in [0.3, 0.4) is 0 Å². The monoisotopic (exact) mass is 345 g/mol.